The molecule has 0 amide bonds. The van der Waals surface area contributed by atoms with E-state index >= 15 is 0 Å². The Morgan fingerprint density at radius 3 is 2.89 bits per heavy atom. The fourth-order valence-electron chi connectivity index (χ4n) is 2.01. The number of Topliss-reactive ketones (excluding diaryl/α,β-unsaturated/α-hetero) is 1. The fourth-order valence-corrected chi connectivity index (χ4v) is 2.78. The largest absolute Gasteiger partial charge is 0.453 e. The van der Waals surface area contributed by atoms with Crippen LogP contribution in [0.3, 0.4) is 0 Å². The summed E-state index contributed by atoms with van der Waals surface area (Å²) in [4.78, 5) is 16.5. The Labute approximate surface area is 114 Å². The van der Waals surface area contributed by atoms with Crippen LogP contribution in [0.1, 0.15) is 26.8 Å². The van der Waals surface area contributed by atoms with Crippen LogP contribution in [0.25, 0.3) is 11.0 Å². The molecule has 0 saturated carbocycles. The smallest absolute Gasteiger partial charge is 0.204 e. The first-order valence-electron chi connectivity index (χ1n) is 6.06. The van der Waals surface area contributed by atoms with Crippen LogP contribution in [0.4, 0.5) is 0 Å². The van der Waals surface area contributed by atoms with Gasteiger partial charge in [0.2, 0.25) is 5.78 Å². The summed E-state index contributed by atoms with van der Waals surface area (Å²) in [5, 5.41) is 3.75. The van der Waals surface area contributed by atoms with Gasteiger partial charge in [0.15, 0.2) is 5.76 Å². The molecular formula is C15H13NO2S. The first-order chi connectivity index (χ1) is 9.11. The van der Waals surface area contributed by atoms with Crippen molar-refractivity contribution in [3.63, 3.8) is 0 Å². The third-order valence-corrected chi connectivity index (χ3v) is 3.89. The molecule has 0 atom stereocenters. The molecule has 3 rings (SSSR count). The molecule has 0 bridgehead atoms. The average Bonchev–Trinajstić information content (AvgIpc) is 2.95. The number of ketones is 1. The van der Waals surface area contributed by atoms with Crippen LogP contribution in [-0.4, -0.2) is 10.8 Å². The number of benzene rings is 1. The lowest BCUT2D eigenvalue weighted by Gasteiger charge is -1.92. The zero-order chi connectivity index (χ0) is 13.4. The number of nitrogens with zero attached hydrogens (tertiary/aromatic N) is 1. The number of hydrogen-bond acceptors (Lipinski definition) is 4. The van der Waals surface area contributed by atoms with Gasteiger partial charge in [-0.25, -0.2) is 4.98 Å². The third kappa shape index (κ3) is 2.44. The Balaban J connectivity index is 1.89. The van der Waals surface area contributed by atoms with Crippen LogP contribution in [0.2, 0.25) is 0 Å². The maximum Gasteiger partial charge on any atom is 0.204 e. The van der Waals surface area contributed by atoms with Gasteiger partial charge in [0.05, 0.1) is 6.42 Å². The maximum absolute atomic E-state index is 12.2. The Bertz CT molecular complexity index is 754. The zero-order valence-electron chi connectivity index (χ0n) is 10.8. The van der Waals surface area contributed by atoms with E-state index < -0.39 is 0 Å². The number of furan rings is 1. The Kier molecular flexibility index (Phi) is 2.95. The van der Waals surface area contributed by atoms with Gasteiger partial charge in [-0.1, -0.05) is 11.6 Å². The predicted octanol–water partition coefficient (Wildman–Crippen LogP) is 3.93. The monoisotopic (exact) mass is 271 g/mol. The molecule has 3 aromatic rings. The lowest BCUT2D eigenvalue weighted by Crippen LogP contribution is -2.01. The molecular weight excluding hydrogens is 258 g/mol. The van der Waals surface area contributed by atoms with Crippen LogP contribution in [0.15, 0.2) is 34.1 Å². The molecule has 3 nitrogen and oxygen atoms in total. The number of aryl methyl sites for hydroxylation is 2. The van der Waals surface area contributed by atoms with Crippen LogP contribution in [0.5, 0.6) is 0 Å². The highest BCUT2D eigenvalue weighted by molar-refractivity contribution is 7.09. The van der Waals surface area contributed by atoms with Gasteiger partial charge < -0.3 is 4.42 Å². The standard InChI is InChI=1S/C15H13NO2S/c1-9-3-4-13-11(5-9)6-14(18-13)12(17)7-15-16-10(2)8-19-15/h3-6,8H,7H2,1-2H3. The van der Waals surface area contributed by atoms with Crippen molar-refractivity contribution in [3.05, 3.63) is 51.7 Å². The Morgan fingerprint density at radius 2 is 2.16 bits per heavy atom. The molecule has 0 aliphatic heterocycles. The van der Waals surface area contributed by atoms with Gasteiger partial charge in [-0.05, 0) is 32.0 Å². The van der Waals surface area contributed by atoms with Gasteiger partial charge in [-0.3, -0.25) is 4.79 Å². The topological polar surface area (TPSA) is 43.1 Å². The fraction of sp³-hybridized carbons (Fsp3) is 0.200. The highest BCUT2D eigenvalue weighted by Gasteiger charge is 2.14. The van der Waals surface area contributed by atoms with E-state index in [1.807, 2.05) is 43.5 Å². The predicted molar refractivity (Wildman–Crippen MR) is 75.8 cm³/mol. The quantitative estimate of drug-likeness (QED) is 0.678. The molecule has 0 radical (unpaired) electrons. The lowest BCUT2D eigenvalue weighted by molar-refractivity contribution is 0.0968. The molecule has 0 unspecified atom stereocenters. The van der Waals surface area contributed by atoms with Crippen LogP contribution in [0, 0.1) is 13.8 Å². The Morgan fingerprint density at radius 1 is 1.32 bits per heavy atom. The summed E-state index contributed by atoms with van der Waals surface area (Å²) in [5.41, 5.74) is 2.86. The molecule has 0 N–H and O–H groups in total. The molecule has 2 heterocycles. The molecule has 1 aromatic carbocycles. The van der Waals surface area contributed by atoms with Crippen molar-refractivity contribution in [2.24, 2.45) is 0 Å². The second kappa shape index (κ2) is 4.63. The van der Waals surface area contributed by atoms with E-state index in [1.54, 1.807) is 0 Å². The first kappa shape index (κ1) is 12.1. The van der Waals surface area contributed by atoms with Crippen molar-refractivity contribution < 1.29 is 9.21 Å². The van der Waals surface area contributed by atoms with E-state index in [9.17, 15) is 4.79 Å². The summed E-state index contributed by atoms with van der Waals surface area (Å²) in [5.74, 6) is 0.386. The number of rotatable bonds is 3. The minimum Gasteiger partial charge on any atom is -0.453 e. The van der Waals surface area contributed by atoms with E-state index in [-0.39, 0.29) is 5.78 Å². The minimum absolute atomic E-state index is 0.0248. The van der Waals surface area contributed by atoms with Crippen molar-refractivity contribution in [1.82, 2.24) is 4.98 Å². The maximum atomic E-state index is 12.2. The second-order valence-electron chi connectivity index (χ2n) is 4.63. The van der Waals surface area contributed by atoms with Crippen LogP contribution < -0.4 is 0 Å². The molecule has 0 aliphatic rings. The summed E-state index contributed by atoms with van der Waals surface area (Å²) in [6, 6.07) is 7.70. The number of fused-ring (bicyclic) bond motifs is 1. The molecule has 19 heavy (non-hydrogen) atoms. The molecule has 2 aromatic heterocycles. The number of aromatic nitrogens is 1. The van der Waals surface area contributed by atoms with Gasteiger partial charge in [-0.15, -0.1) is 11.3 Å². The molecule has 0 spiro atoms. The summed E-state index contributed by atoms with van der Waals surface area (Å²) < 4.78 is 5.59. The number of carbonyl (C=O) groups is 1. The van der Waals surface area contributed by atoms with Gasteiger partial charge in [-0.2, -0.15) is 0 Å². The van der Waals surface area contributed by atoms with Gasteiger partial charge in [0.1, 0.15) is 10.6 Å². The van der Waals surface area contributed by atoms with Crippen molar-refractivity contribution >= 4 is 28.1 Å². The van der Waals surface area contributed by atoms with Crippen LogP contribution >= 0.6 is 11.3 Å². The molecule has 0 fully saturated rings. The Hall–Kier alpha value is -1.94. The van der Waals surface area contributed by atoms with E-state index in [4.69, 9.17) is 4.42 Å². The van der Waals surface area contributed by atoms with E-state index in [0.717, 1.165) is 27.2 Å². The minimum atomic E-state index is -0.0248. The number of hydrogen-bond donors (Lipinski definition) is 0. The number of thiazole rings is 1. The third-order valence-electron chi connectivity index (χ3n) is 2.92. The van der Waals surface area contributed by atoms with Gasteiger partial charge >= 0.3 is 0 Å². The van der Waals surface area contributed by atoms with Crippen molar-refractivity contribution in [2.45, 2.75) is 20.3 Å². The van der Waals surface area contributed by atoms with E-state index in [2.05, 4.69) is 4.98 Å². The summed E-state index contributed by atoms with van der Waals surface area (Å²) in [7, 11) is 0. The van der Waals surface area contributed by atoms with Crippen molar-refractivity contribution in [3.8, 4) is 0 Å². The van der Waals surface area contributed by atoms with Crippen molar-refractivity contribution in [1.29, 1.82) is 0 Å². The lowest BCUT2D eigenvalue weighted by atomic mass is 10.1. The second-order valence-corrected chi connectivity index (χ2v) is 5.58. The summed E-state index contributed by atoms with van der Waals surface area (Å²) in [6.07, 6.45) is 0.303. The van der Waals surface area contributed by atoms with E-state index in [0.29, 0.717) is 12.2 Å². The van der Waals surface area contributed by atoms with Crippen molar-refractivity contribution in [2.75, 3.05) is 0 Å². The van der Waals surface area contributed by atoms with Crippen LogP contribution in [-0.2, 0) is 6.42 Å². The first-order valence-corrected chi connectivity index (χ1v) is 6.94. The average molecular weight is 271 g/mol. The molecule has 0 saturated heterocycles. The zero-order valence-corrected chi connectivity index (χ0v) is 11.6. The highest BCUT2D eigenvalue weighted by Crippen LogP contribution is 2.22. The van der Waals surface area contributed by atoms with Gasteiger partial charge in [0, 0.05) is 16.5 Å². The summed E-state index contributed by atoms with van der Waals surface area (Å²) >= 11 is 1.51. The molecule has 96 valence electrons. The normalized spacial score (nSPS) is 11.1. The van der Waals surface area contributed by atoms with E-state index in [1.165, 1.54) is 11.3 Å². The summed E-state index contributed by atoms with van der Waals surface area (Å²) in [6.45, 7) is 3.95. The molecule has 4 heteroatoms. The SMILES string of the molecule is Cc1ccc2oc(C(=O)Cc3nc(C)cs3)cc2c1. The molecule has 0 aliphatic carbocycles. The number of carbonyl (C=O) groups excluding carboxylic acids is 1. The van der Waals surface area contributed by atoms with Gasteiger partial charge in [0.25, 0.3) is 0 Å². The highest BCUT2D eigenvalue weighted by atomic mass is 32.1.